The third-order valence-electron chi connectivity index (χ3n) is 2.99. The number of aromatic nitrogens is 2. The van der Waals surface area contributed by atoms with Crippen LogP contribution in [0.3, 0.4) is 0 Å². The number of carbonyl (C=O) groups is 1. The van der Waals surface area contributed by atoms with Crippen molar-refractivity contribution in [3.8, 4) is 0 Å². The van der Waals surface area contributed by atoms with Crippen molar-refractivity contribution in [3.05, 3.63) is 17.5 Å². The molecule has 0 saturated heterocycles. The molecule has 0 aromatic carbocycles. The molecule has 0 bridgehead atoms. The summed E-state index contributed by atoms with van der Waals surface area (Å²) in [7, 11) is 1.65. The van der Waals surface area contributed by atoms with Gasteiger partial charge in [0.05, 0.1) is 18.3 Å². The van der Waals surface area contributed by atoms with Crippen LogP contribution in [0, 0.1) is 13.8 Å². The number of carbonyl (C=O) groups excluding carboxylic acids is 1. The molecule has 5 nitrogen and oxygen atoms in total. The Bertz CT molecular complexity index is 401. The Balaban J connectivity index is 2.70. The first-order valence-electron chi connectivity index (χ1n) is 6.29. The molecule has 0 aliphatic carbocycles. The predicted octanol–water partition coefficient (Wildman–Crippen LogP) is 1.38. The molecule has 0 saturated carbocycles. The summed E-state index contributed by atoms with van der Waals surface area (Å²) in [6, 6.07) is 2.06. The minimum absolute atomic E-state index is 0.0771. The molecule has 0 spiro atoms. The summed E-state index contributed by atoms with van der Waals surface area (Å²) in [5, 5.41) is 4.31. The first kappa shape index (κ1) is 14.7. The Hall–Kier alpha value is -1.36. The van der Waals surface area contributed by atoms with E-state index in [-0.39, 0.29) is 11.9 Å². The molecule has 1 rings (SSSR count). The highest BCUT2D eigenvalue weighted by Crippen LogP contribution is 2.05. The Morgan fingerprint density at radius 1 is 1.56 bits per heavy atom. The molecule has 5 heteroatoms. The smallest absolute Gasteiger partial charge is 0.244 e. The van der Waals surface area contributed by atoms with Crippen molar-refractivity contribution in [2.45, 2.75) is 40.3 Å². The monoisotopic (exact) mass is 253 g/mol. The largest absolute Gasteiger partial charge is 0.383 e. The van der Waals surface area contributed by atoms with Crippen LogP contribution < -0.4 is 0 Å². The van der Waals surface area contributed by atoms with Crippen LogP contribution in [0.2, 0.25) is 0 Å². The van der Waals surface area contributed by atoms with Crippen molar-refractivity contribution < 1.29 is 9.53 Å². The van der Waals surface area contributed by atoms with Gasteiger partial charge in [0.1, 0.15) is 6.54 Å². The summed E-state index contributed by atoms with van der Waals surface area (Å²) in [4.78, 5) is 14.1. The quantitative estimate of drug-likeness (QED) is 0.769. The molecule has 1 aromatic heterocycles. The van der Waals surface area contributed by atoms with Crippen molar-refractivity contribution in [1.82, 2.24) is 14.7 Å². The lowest BCUT2D eigenvalue weighted by molar-refractivity contribution is -0.134. The second kappa shape index (κ2) is 6.54. The van der Waals surface area contributed by atoms with Crippen LogP contribution in [0.25, 0.3) is 0 Å². The molecule has 0 aliphatic heterocycles. The number of ether oxygens (including phenoxy) is 1. The molecule has 1 atom stereocenters. The van der Waals surface area contributed by atoms with E-state index in [1.807, 2.05) is 38.7 Å². The van der Waals surface area contributed by atoms with E-state index in [1.54, 1.807) is 11.8 Å². The number of hydrogen-bond donors (Lipinski definition) is 0. The van der Waals surface area contributed by atoms with Gasteiger partial charge in [-0.25, -0.2) is 0 Å². The highest BCUT2D eigenvalue weighted by atomic mass is 16.5. The van der Waals surface area contributed by atoms with E-state index >= 15 is 0 Å². The van der Waals surface area contributed by atoms with Gasteiger partial charge in [-0.1, -0.05) is 0 Å². The van der Waals surface area contributed by atoms with E-state index in [0.717, 1.165) is 11.4 Å². The van der Waals surface area contributed by atoms with Crippen molar-refractivity contribution in [3.63, 3.8) is 0 Å². The second-order valence-electron chi connectivity index (χ2n) is 4.57. The third-order valence-corrected chi connectivity index (χ3v) is 2.99. The van der Waals surface area contributed by atoms with Gasteiger partial charge in [0.2, 0.25) is 5.91 Å². The van der Waals surface area contributed by atoms with Crippen LogP contribution in [-0.4, -0.2) is 46.9 Å². The van der Waals surface area contributed by atoms with Crippen LogP contribution >= 0.6 is 0 Å². The minimum atomic E-state index is 0.0771. The normalized spacial score (nSPS) is 12.5. The van der Waals surface area contributed by atoms with Crippen LogP contribution in [0.5, 0.6) is 0 Å². The molecule has 102 valence electrons. The molecule has 1 aromatic rings. The maximum Gasteiger partial charge on any atom is 0.244 e. The van der Waals surface area contributed by atoms with E-state index in [1.165, 1.54) is 0 Å². The van der Waals surface area contributed by atoms with Gasteiger partial charge in [0.15, 0.2) is 0 Å². The lowest BCUT2D eigenvalue weighted by Crippen LogP contribution is -2.42. The SMILES string of the molecule is CCN(C(=O)Cn1nc(C)cc1C)[C@H](C)COC. The number of aryl methyl sites for hydroxylation is 2. The maximum atomic E-state index is 12.2. The Kier molecular flexibility index (Phi) is 5.34. The van der Waals surface area contributed by atoms with E-state index < -0.39 is 0 Å². The number of likely N-dealkylation sites (N-methyl/N-ethyl adjacent to an activating group) is 1. The van der Waals surface area contributed by atoms with Gasteiger partial charge in [0, 0.05) is 19.3 Å². The molecule has 18 heavy (non-hydrogen) atoms. The summed E-state index contributed by atoms with van der Waals surface area (Å²) < 4.78 is 6.85. The highest BCUT2D eigenvalue weighted by Gasteiger charge is 2.19. The van der Waals surface area contributed by atoms with Crippen LogP contribution in [0.4, 0.5) is 0 Å². The highest BCUT2D eigenvalue weighted by molar-refractivity contribution is 5.76. The van der Waals surface area contributed by atoms with E-state index in [2.05, 4.69) is 5.10 Å². The number of methoxy groups -OCH3 is 1. The fraction of sp³-hybridized carbons (Fsp3) is 0.692. The molecule has 0 fully saturated rings. The summed E-state index contributed by atoms with van der Waals surface area (Å²) in [6.45, 7) is 9.39. The van der Waals surface area contributed by atoms with Crippen molar-refractivity contribution in [1.29, 1.82) is 0 Å². The fourth-order valence-corrected chi connectivity index (χ4v) is 2.12. The summed E-state index contributed by atoms with van der Waals surface area (Å²) >= 11 is 0. The lowest BCUT2D eigenvalue weighted by atomic mass is 10.3. The van der Waals surface area contributed by atoms with Crippen molar-refractivity contribution in [2.24, 2.45) is 0 Å². The fourth-order valence-electron chi connectivity index (χ4n) is 2.12. The standard InChI is InChI=1S/C13H23N3O2/c1-6-15(12(4)9-18-5)13(17)8-16-11(3)7-10(2)14-16/h7,12H,6,8-9H2,1-5H3/t12-/m1/s1. The van der Waals surface area contributed by atoms with Gasteiger partial charge in [-0.15, -0.1) is 0 Å². The lowest BCUT2D eigenvalue weighted by Gasteiger charge is -2.27. The summed E-state index contributed by atoms with van der Waals surface area (Å²) in [5.74, 6) is 0.0771. The molecule has 1 amide bonds. The molecule has 0 N–H and O–H groups in total. The zero-order chi connectivity index (χ0) is 13.7. The topological polar surface area (TPSA) is 47.4 Å². The number of amides is 1. The molecular weight excluding hydrogens is 230 g/mol. The van der Waals surface area contributed by atoms with Gasteiger partial charge in [-0.2, -0.15) is 5.10 Å². The summed E-state index contributed by atoms with van der Waals surface area (Å²) in [6.07, 6.45) is 0. The van der Waals surface area contributed by atoms with Crippen molar-refractivity contribution >= 4 is 5.91 Å². The number of nitrogens with zero attached hydrogens (tertiary/aromatic N) is 3. The van der Waals surface area contributed by atoms with E-state index in [9.17, 15) is 4.79 Å². The Labute approximate surface area is 109 Å². The molecule has 0 radical (unpaired) electrons. The number of hydrogen-bond acceptors (Lipinski definition) is 3. The molecule has 0 unspecified atom stereocenters. The van der Waals surface area contributed by atoms with Gasteiger partial charge in [-0.3, -0.25) is 9.48 Å². The zero-order valence-electron chi connectivity index (χ0n) is 11.9. The van der Waals surface area contributed by atoms with Crippen LogP contribution in [-0.2, 0) is 16.1 Å². The second-order valence-corrected chi connectivity index (χ2v) is 4.57. The molecule has 1 heterocycles. The minimum Gasteiger partial charge on any atom is -0.383 e. The number of rotatable bonds is 6. The maximum absolute atomic E-state index is 12.2. The Morgan fingerprint density at radius 2 is 2.22 bits per heavy atom. The average Bonchev–Trinajstić information content (AvgIpc) is 2.58. The zero-order valence-corrected chi connectivity index (χ0v) is 11.9. The van der Waals surface area contributed by atoms with Crippen molar-refractivity contribution in [2.75, 3.05) is 20.3 Å². The van der Waals surface area contributed by atoms with Crippen LogP contribution in [0.1, 0.15) is 25.2 Å². The van der Waals surface area contributed by atoms with E-state index in [0.29, 0.717) is 19.7 Å². The van der Waals surface area contributed by atoms with Gasteiger partial charge in [-0.05, 0) is 33.8 Å². The summed E-state index contributed by atoms with van der Waals surface area (Å²) in [5.41, 5.74) is 1.95. The van der Waals surface area contributed by atoms with E-state index in [4.69, 9.17) is 4.74 Å². The van der Waals surface area contributed by atoms with Gasteiger partial charge in [0.25, 0.3) is 0 Å². The van der Waals surface area contributed by atoms with Crippen LogP contribution in [0.15, 0.2) is 6.07 Å². The third kappa shape index (κ3) is 3.57. The molecule has 0 aliphatic rings. The van der Waals surface area contributed by atoms with Gasteiger partial charge >= 0.3 is 0 Å². The molecular formula is C13H23N3O2. The first-order valence-corrected chi connectivity index (χ1v) is 6.29. The van der Waals surface area contributed by atoms with Gasteiger partial charge < -0.3 is 9.64 Å². The predicted molar refractivity (Wildman–Crippen MR) is 70.4 cm³/mol. The Morgan fingerprint density at radius 3 is 2.67 bits per heavy atom. The average molecular weight is 253 g/mol. The first-order chi connectivity index (χ1) is 8.49.